The maximum Gasteiger partial charge on any atom is 0.406 e. The summed E-state index contributed by atoms with van der Waals surface area (Å²) in [5, 5.41) is 0. The van der Waals surface area contributed by atoms with E-state index in [9.17, 15) is 18.0 Å². The smallest absolute Gasteiger partial charge is 0.340 e. The molecule has 2 rings (SSSR count). The average molecular weight is 328 g/mol. The molecule has 1 amide bonds. The van der Waals surface area contributed by atoms with Gasteiger partial charge in [0, 0.05) is 32.0 Å². The summed E-state index contributed by atoms with van der Waals surface area (Å²) in [5.41, 5.74) is 0. The number of hydrogen-bond donors (Lipinski definition) is 0. The molecule has 0 N–H and O–H groups in total. The number of halogens is 3. The zero-order chi connectivity index (χ0) is 16.9. The lowest BCUT2D eigenvalue weighted by Gasteiger charge is -2.34. The van der Waals surface area contributed by atoms with Crippen LogP contribution in [-0.2, 0) is 4.79 Å². The van der Waals surface area contributed by atoms with Crippen LogP contribution >= 0.6 is 0 Å². The van der Waals surface area contributed by atoms with Crippen LogP contribution in [0.1, 0.15) is 12.8 Å². The van der Waals surface area contributed by atoms with Crippen molar-refractivity contribution >= 4 is 11.9 Å². The lowest BCUT2D eigenvalue weighted by molar-refractivity contribution is -0.162. The van der Waals surface area contributed by atoms with Gasteiger partial charge >= 0.3 is 6.18 Å². The molecule has 126 valence electrons. The van der Waals surface area contributed by atoms with Gasteiger partial charge in [0.25, 0.3) is 0 Å². The summed E-state index contributed by atoms with van der Waals surface area (Å²) in [6, 6.07) is 1.69. The van der Waals surface area contributed by atoms with Gasteiger partial charge in [0.15, 0.2) is 0 Å². The van der Waals surface area contributed by atoms with Gasteiger partial charge < -0.3 is 9.80 Å². The van der Waals surface area contributed by atoms with E-state index in [1.54, 1.807) is 18.5 Å². The van der Waals surface area contributed by atoms with Crippen molar-refractivity contribution in [3.8, 4) is 0 Å². The van der Waals surface area contributed by atoms with Crippen molar-refractivity contribution in [3.05, 3.63) is 31.1 Å². The minimum atomic E-state index is -4.42. The number of rotatable bonds is 5. The molecule has 1 fully saturated rings. The molecule has 1 aliphatic heterocycles. The largest absolute Gasteiger partial charge is 0.406 e. The molecule has 0 saturated carbocycles. The first kappa shape index (κ1) is 17.2. The van der Waals surface area contributed by atoms with Gasteiger partial charge in [-0.15, -0.1) is 6.58 Å². The van der Waals surface area contributed by atoms with E-state index in [0.29, 0.717) is 31.9 Å². The summed E-state index contributed by atoms with van der Waals surface area (Å²) in [6.45, 7) is 3.08. The molecule has 1 unspecified atom stereocenters. The van der Waals surface area contributed by atoms with Gasteiger partial charge in [-0.3, -0.25) is 4.79 Å². The maximum absolute atomic E-state index is 12.6. The van der Waals surface area contributed by atoms with Crippen LogP contribution in [0.4, 0.5) is 19.1 Å². The molecule has 8 heteroatoms. The highest BCUT2D eigenvalue weighted by Gasteiger charge is 2.36. The number of alkyl halides is 3. The summed E-state index contributed by atoms with van der Waals surface area (Å²) in [7, 11) is 0. The molecule has 0 spiro atoms. The standard InChI is InChI=1S/C15H19F3N4O/c1-2-8-22(11-15(16,17)18)13(23)12-5-3-9-21(10-12)14-19-6-4-7-20-14/h2,4,6-7,12H,1,3,5,8-11H2. The number of carbonyl (C=O) groups excluding carboxylic acids is 1. The summed E-state index contributed by atoms with van der Waals surface area (Å²) in [4.78, 5) is 23.4. The first-order chi connectivity index (χ1) is 10.9. The second-order valence-electron chi connectivity index (χ2n) is 5.46. The summed E-state index contributed by atoms with van der Waals surface area (Å²) < 4.78 is 37.9. The van der Waals surface area contributed by atoms with Gasteiger partial charge in [-0.25, -0.2) is 9.97 Å². The topological polar surface area (TPSA) is 49.3 Å². The second kappa shape index (κ2) is 7.43. The molecule has 1 aromatic rings. The Bertz CT molecular complexity index is 535. The Kier molecular flexibility index (Phi) is 5.57. The van der Waals surface area contributed by atoms with Crippen molar-refractivity contribution in [1.82, 2.24) is 14.9 Å². The minimum absolute atomic E-state index is 0.114. The zero-order valence-corrected chi connectivity index (χ0v) is 12.7. The van der Waals surface area contributed by atoms with E-state index < -0.39 is 24.5 Å². The predicted octanol–water partition coefficient (Wildman–Crippen LogP) is 2.27. The first-order valence-electron chi connectivity index (χ1n) is 7.39. The fourth-order valence-corrected chi connectivity index (χ4v) is 2.68. The molecule has 0 radical (unpaired) electrons. The van der Waals surface area contributed by atoms with Crippen LogP contribution in [0.3, 0.4) is 0 Å². The van der Waals surface area contributed by atoms with Gasteiger partial charge in [-0.2, -0.15) is 13.2 Å². The number of carbonyl (C=O) groups is 1. The Balaban J connectivity index is 2.06. The quantitative estimate of drug-likeness (QED) is 0.778. The highest BCUT2D eigenvalue weighted by atomic mass is 19.4. The molecule has 5 nitrogen and oxygen atoms in total. The van der Waals surface area contributed by atoms with Crippen molar-refractivity contribution in [1.29, 1.82) is 0 Å². The molecule has 1 aromatic heterocycles. The van der Waals surface area contributed by atoms with E-state index in [1.165, 1.54) is 6.08 Å². The Morgan fingerprint density at radius 2 is 2.13 bits per heavy atom. The molecular formula is C15H19F3N4O. The van der Waals surface area contributed by atoms with E-state index in [2.05, 4.69) is 16.5 Å². The summed E-state index contributed by atoms with van der Waals surface area (Å²) in [6.07, 6.45) is 1.36. The maximum atomic E-state index is 12.6. The Labute approximate surface area is 132 Å². The minimum Gasteiger partial charge on any atom is -0.340 e. The third-order valence-corrected chi connectivity index (χ3v) is 3.64. The van der Waals surface area contributed by atoms with Gasteiger partial charge in [0.2, 0.25) is 11.9 Å². The second-order valence-corrected chi connectivity index (χ2v) is 5.46. The number of amides is 1. The van der Waals surface area contributed by atoms with Crippen molar-refractivity contribution in [2.75, 3.05) is 31.1 Å². The van der Waals surface area contributed by atoms with E-state index in [4.69, 9.17) is 0 Å². The van der Waals surface area contributed by atoms with Gasteiger partial charge in [0.1, 0.15) is 6.54 Å². The predicted molar refractivity (Wildman–Crippen MR) is 79.8 cm³/mol. The number of piperidine rings is 1. The molecule has 0 bridgehead atoms. The molecular weight excluding hydrogens is 309 g/mol. The number of anilines is 1. The van der Waals surface area contributed by atoms with Gasteiger partial charge in [0.05, 0.1) is 5.92 Å². The van der Waals surface area contributed by atoms with Crippen LogP contribution in [0.5, 0.6) is 0 Å². The van der Waals surface area contributed by atoms with Crippen LogP contribution in [0.15, 0.2) is 31.1 Å². The molecule has 1 aliphatic rings. The molecule has 0 aromatic carbocycles. The van der Waals surface area contributed by atoms with E-state index >= 15 is 0 Å². The Morgan fingerprint density at radius 3 is 2.74 bits per heavy atom. The van der Waals surface area contributed by atoms with E-state index in [-0.39, 0.29) is 6.54 Å². The fourth-order valence-electron chi connectivity index (χ4n) is 2.68. The molecule has 23 heavy (non-hydrogen) atoms. The average Bonchev–Trinajstić information content (AvgIpc) is 2.53. The monoisotopic (exact) mass is 328 g/mol. The summed E-state index contributed by atoms with van der Waals surface area (Å²) in [5.74, 6) is -0.492. The number of nitrogens with zero attached hydrogens (tertiary/aromatic N) is 4. The van der Waals surface area contributed by atoms with Gasteiger partial charge in [-0.05, 0) is 18.9 Å². The fraction of sp³-hybridized carbons (Fsp3) is 0.533. The van der Waals surface area contributed by atoms with Crippen LogP contribution < -0.4 is 4.90 Å². The van der Waals surface area contributed by atoms with E-state index in [1.807, 2.05) is 4.90 Å². The first-order valence-corrected chi connectivity index (χ1v) is 7.39. The third kappa shape index (κ3) is 4.94. The molecule has 2 heterocycles. The lowest BCUT2D eigenvalue weighted by atomic mass is 9.96. The zero-order valence-electron chi connectivity index (χ0n) is 12.7. The lowest BCUT2D eigenvalue weighted by Crippen LogP contribution is -2.47. The highest BCUT2D eigenvalue weighted by Crippen LogP contribution is 2.24. The van der Waals surface area contributed by atoms with Crippen molar-refractivity contribution in [2.24, 2.45) is 5.92 Å². The van der Waals surface area contributed by atoms with Crippen molar-refractivity contribution in [3.63, 3.8) is 0 Å². The van der Waals surface area contributed by atoms with Crippen LogP contribution in [0.2, 0.25) is 0 Å². The SMILES string of the molecule is C=CCN(CC(F)(F)F)C(=O)C1CCCN(c2ncccn2)C1. The Hall–Kier alpha value is -2.12. The van der Waals surface area contributed by atoms with Crippen LogP contribution in [-0.4, -0.2) is 53.1 Å². The third-order valence-electron chi connectivity index (χ3n) is 3.64. The number of hydrogen-bond acceptors (Lipinski definition) is 4. The molecule has 1 atom stereocenters. The molecule has 0 aliphatic carbocycles. The normalized spacial score (nSPS) is 18.6. The number of aromatic nitrogens is 2. The van der Waals surface area contributed by atoms with Gasteiger partial charge in [-0.1, -0.05) is 6.08 Å². The van der Waals surface area contributed by atoms with Crippen molar-refractivity contribution < 1.29 is 18.0 Å². The summed E-state index contributed by atoms with van der Waals surface area (Å²) >= 11 is 0. The van der Waals surface area contributed by atoms with Crippen LogP contribution in [0.25, 0.3) is 0 Å². The Morgan fingerprint density at radius 1 is 1.43 bits per heavy atom. The molecule has 1 saturated heterocycles. The van der Waals surface area contributed by atoms with Crippen molar-refractivity contribution in [2.45, 2.75) is 19.0 Å². The highest BCUT2D eigenvalue weighted by molar-refractivity contribution is 5.80. The van der Waals surface area contributed by atoms with Crippen LogP contribution in [0, 0.1) is 5.92 Å². The van der Waals surface area contributed by atoms with E-state index in [0.717, 1.165) is 4.90 Å².